The van der Waals surface area contributed by atoms with Crippen molar-refractivity contribution in [2.24, 2.45) is 5.92 Å². The highest BCUT2D eigenvalue weighted by Crippen LogP contribution is 2.38. The lowest BCUT2D eigenvalue weighted by Crippen LogP contribution is -2.41. The van der Waals surface area contributed by atoms with Gasteiger partial charge in [0.15, 0.2) is 17.5 Å². The summed E-state index contributed by atoms with van der Waals surface area (Å²) in [7, 11) is 1.47. The van der Waals surface area contributed by atoms with E-state index in [9.17, 15) is 23.1 Å². The van der Waals surface area contributed by atoms with Crippen molar-refractivity contribution in [1.82, 2.24) is 10.3 Å². The third kappa shape index (κ3) is 3.65. The number of hydrogen-bond acceptors (Lipinski definition) is 4. The summed E-state index contributed by atoms with van der Waals surface area (Å²) in [5.41, 5.74) is 0.340. The number of nitrogens with zero attached hydrogens (tertiary/aromatic N) is 1. The molecule has 1 heterocycles. The quantitative estimate of drug-likeness (QED) is 0.799. The van der Waals surface area contributed by atoms with E-state index in [1.165, 1.54) is 13.3 Å². The number of benzene rings is 1. The number of nitrogens with one attached hydrogen (secondary N) is 1. The first-order valence-corrected chi connectivity index (χ1v) is 8.02. The van der Waals surface area contributed by atoms with Crippen molar-refractivity contribution in [2.75, 3.05) is 7.11 Å². The molecule has 1 aliphatic rings. The second-order valence-corrected chi connectivity index (χ2v) is 6.22. The van der Waals surface area contributed by atoms with Crippen LogP contribution in [0.3, 0.4) is 0 Å². The zero-order valence-corrected chi connectivity index (χ0v) is 13.9. The Labute approximate surface area is 147 Å². The number of aromatic nitrogens is 1. The molecule has 138 valence electrons. The van der Waals surface area contributed by atoms with Gasteiger partial charge in [0.2, 0.25) is 5.88 Å². The van der Waals surface area contributed by atoms with Crippen molar-refractivity contribution in [3.8, 4) is 5.88 Å². The summed E-state index contributed by atoms with van der Waals surface area (Å²) in [5.74, 6) is -4.90. The Kier molecular flexibility index (Phi) is 5.13. The molecule has 1 amide bonds. The number of carbonyl (C=O) groups excluding carboxylic acids is 1. The van der Waals surface area contributed by atoms with Gasteiger partial charge in [-0.2, -0.15) is 0 Å². The molecular formula is C18H17F3N2O3. The Bertz CT molecular complexity index is 785. The highest BCUT2D eigenvalue weighted by molar-refractivity contribution is 5.94. The number of methoxy groups -OCH3 is 1. The largest absolute Gasteiger partial charge is 0.481 e. The van der Waals surface area contributed by atoms with E-state index < -0.39 is 35.5 Å². The normalized spacial score (nSPS) is 20.2. The Morgan fingerprint density at radius 1 is 1.27 bits per heavy atom. The molecule has 5 nitrogen and oxygen atoms in total. The molecule has 8 heteroatoms. The summed E-state index contributed by atoms with van der Waals surface area (Å²) in [5, 5.41) is 12.3. The van der Waals surface area contributed by atoms with Gasteiger partial charge in [-0.3, -0.25) is 4.79 Å². The molecule has 1 atom stereocenters. The monoisotopic (exact) mass is 366 g/mol. The predicted octanol–water partition coefficient (Wildman–Crippen LogP) is 2.75. The average Bonchev–Trinajstić information content (AvgIpc) is 2.61. The maximum Gasteiger partial charge on any atom is 0.251 e. The molecule has 0 saturated heterocycles. The third-order valence-electron chi connectivity index (χ3n) is 4.48. The van der Waals surface area contributed by atoms with Crippen molar-refractivity contribution in [3.63, 3.8) is 0 Å². The van der Waals surface area contributed by atoms with Gasteiger partial charge in [-0.05, 0) is 36.5 Å². The van der Waals surface area contributed by atoms with Crippen LogP contribution in [0.4, 0.5) is 13.2 Å². The lowest BCUT2D eigenvalue weighted by atomic mass is 9.75. The van der Waals surface area contributed by atoms with Crippen LogP contribution in [0.5, 0.6) is 5.88 Å². The fraction of sp³-hybridized carbons (Fsp3) is 0.333. The van der Waals surface area contributed by atoms with Gasteiger partial charge >= 0.3 is 0 Å². The summed E-state index contributed by atoms with van der Waals surface area (Å²) in [6, 6.07) is 4.12. The Morgan fingerprint density at radius 2 is 1.92 bits per heavy atom. The summed E-state index contributed by atoms with van der Waals surface area (Å²) in [4.78, 5) is 16.5. The van der Waals surface area contributed by atoms with Crippen molar-refractivity contribution in [1.29, 1.82) is 0 Å². The molecule has 1 fully saturated rings. The lowest BCUT2D eigenvalue weighted by Gasteiger charge is -2.38. The van der Waals surface area contributed by atoms with Crippen LogP contribution >= 0.6 is 0 Å². The maximum atomic E-state index is 13.4. The molecule has 0 aliphatic heterocycles. The molecule has 0 unspecified atom stereocenters. The minimum atomic E-state index is -1.63. The number of halogens is 3. The number of pyridine rings is 1. The standard InChI is InChI=1S/C18H17F3N2O3/c1-26-15-3-2-9(8-22-15)17(10-4-12(24)5-10)23-18(25)11-6-13(19)16(21)14(20)7-11/h2-3,6-8,10,12,17,24H,4-5H2,1H3,(H,23,25)/t10?,12?,17-/m1/s1. The van der Waals surface area contributed by atoms with E-state index in [0.29, 0.717) is 36.4 Å². The van der Waals surface area contributed by atoms with E-state index in [1.807, 2.05) is 0 Å². The van der Waals surface area contributed by atoms with Gasteiger partial charge in [-0.25, -0.2) is 18.2 Å². The third-order valence-corrected chi connectivity index (χ3v) is 4.48. The highest BCUT2D eigenvalue weighted by atomic mass is 19.2. The Hall–Kier alpha value is -2.61. The van der Waals surface area contributed by atoms with Gasteiger partial charge in [0.1, 0.15) is 0 Å². The second-order valence-electron chi connectivity index (χ2n) is 6.22. The Morgan fingerprint density at radius 3 is 2.42 bits per heavy atom. The van der Waals surface area contributed by atoms with Crippen LogP contribution in [0.1, 0.15) is 34.8 Å². The van der Waals surface area contributed by atoms with Crippen molar-refractivity contribution >= 4 is 5.91 Å². The van der Waals surface area contributed by atoms with Gasteiger partial charge in [-0.1, -0.05) is 6.07 Å². The van der Waals surface area contributed by atoms with E-state index in [-0.39, 0.29) is 11.5 Å². The van der Waals surface area contributed by atoms with Crippen LogP contribution in [0, 0.1) is 23.4 Å². The molecule has 3 rings (SSSR count). The van der Waals surface area contributed by atoms with Crippen molar-refractivity contribution in [2.45, 2.75) is 25.0 Å². The predicted molar refractivity (Wildman–Crippen MR) is 86.0 cm³/mol. The molecule has 1 saturated carbocycles. The van der Waals surface area contributed by atoms with Crippen LogP contribution in [0.15, 0.2) is 30.5 Å². The molecule has 0 bridgehead atoms. The van der Waals surface area contributed by atoms with Crippen molar-refractivity contribution < 1.29 is 27.8 Å². The minimum absolute atomic E-state index is 0.0562. The van der Waals surface area contributed by atoms with Crippen LogP contribution < -0.4 is 10.1 Å². The van der Waals surface area contributed by atoms with Gasteiger partial charge < -0.3 is 15.2 Å². The van der Waals surface area contributed by atoms with Gasteiger partial charge in [0.25, 0.3) is 5.91 Å². The summed E-state index contributed by atoms with van der Waals surface area (Å²) < 4.78 is 44.8. The van der Waals surface area contributed by atoms with Crippen molar-refractivity contribution in [3.05, 3.63) is 59.0 Å². The summed E-state index contributed by atoms with van der Waals surface area (Å²) in [6.07, 6.45) is 2.03. The molecule has 0 spiro atoms. The molecule has 1 aromatic carbocycles. The fourth-order valence-electron chi connectivity index (χ4n) is 2.98. The number of ether oxygens (including phenoxy) is 1. The molecular weight excluding hydrogens is 349 g/mol. The van der Waals surface area contributed by atoms with E-state index >= 15 is 0 Å². The maximum absolute atomic E-state index is 13.4. The first-order chi connectivity index (χ1) is 12.4. The lowest BCUT2D eigenvalue weighted by molar-refractivity contribution is 0.0234. The van der Waals surface area contributed by atoms with E-state index in [0.717, 1.165) is 0 Å². The zero-order chi connectivity index (χ0) is 18.8. The van der Waals surface area contributed by atoms with E-state index in [4.69, 9.17) is 4.74 Å². The first kappa shape index (κ1) is 18.2. The molecule has 0 radical (unpaired) electrons. The highest BCUT2D eigenvalue weighted by Gasteiger charge is 2.36. The molecule has 2 N–H and O–H groups in total. The van der Waals surface area contributed by atoms with Crippen LogP contribution in [-0.4, -0.2) is 29.2 Å². The number of aliphatic hydroxyl groups excluding tert-OH is 1. The first-order valence-electron chi connectivity index (χ1n) is 8.02. The van der Waals surface area contributed by atoms with Crippen LogP contribution in [0.25, 0.3) is 0 Å². The van der Waals surface area contributed by atoms with Gasteiger partial charge in [0.05, 0.1) is 19.3 Å². The van der Waals surface area contributed by atoms with E-state index in [2.05, 4.69) is 10.3 Å². The van der Waals surface area contributed by atoms with Gasteiger partial charge in [-0.15, -0.1) is 0 Å². The summed E-state index contributed by atoms with van der Waals surface area (Å²) >= 11 is 0. The number of hydrogen-bond donors (Lipinski definition) is 2. The SMILES string of the molecule is COc1ccc([C@@H](NC(=O)c2cc(F)c(F)c(F)c2)C2CC(O)C2)cn1. The Balaban J connectivity index is 1.84. The zero-order valence-electron chi connectivity index (χ0n) is 13.9. The molecule has 1 aromatic heterocycles. The van der Waals surface area contributed by atoms with E-state index in [1.54, 1.807) is 12.1 Å². The molecule has 2 aromatic rings. The van der Waals surface area contributed by atoms with Gasteiger partial charge in [0, 0.05) is 17.8 Å². The summed E-state index contributed by atoms with van der Waals surface area (Å²) in [6.45, 7) is 0. The van der Waals surface area contributed by atoms with Crippen LogP contribution in [-0.2, 0) is 0 Å². The fourth-order valence-corrected chi connectivity index (χ4v) is 2.98. The topological polar surface area (TPSA) is 71.5 Å². The minimum Gasteiger partial charge on any atom is -0.481 e. The number of rotatable bonds is 5. The molecule has 1 aliphatic carbocycles. The smallest absolute Gasteiger partial charge is 0.251 e. The number of carbonyl (C=O) groups is 1. The second kappa shape index (κ2) is 7.33. The number of aliphatic hydroxyl groups is 1. The number of amides is 1. The van der Waals surface area contributed by atoms with Crippen LogP contribution in [0.2, 0.25) is 0 Å². The molecule has 26 heavy (non-hydrogen) atoms. The average molecular weight is 366 g/mol.